The number of nitrogens with one attached hydrogen (secondary N) is 1. The molecule has 5 heteroatoms. The number of aromatic nitrogens is 4. The van der Waals surface area contributed by atoms with Crippen molar-refractivity contribution in [3.8, 4) is 0 Å². The molecule has 0 aliphatic heterocycles. The Bertz CT molecular complexity index is 200. The molecule has 1 N–H and O–H groups in total. The summed E-state index contributed by atoms with van der Waals surface area (Å²) in [5.41, 5.74) is 0. The van der Waals surface area contributed by atoms with Crippen LogP contribution in [-0.4, -0.2) is 20.2 Å². The Morgan fingerprint density at radius 1 is 1.56 bits per heavy atom. The van der Waals surface area contributed by atoms with Crippen LogP contribution in [0.4, 0.5) is 0 Å². The van der Waals surface area contributed by atoms with Gasteiger partial charge in [-0.25, -0.2) is 4.68 Å². The quantitative estimate of drug-likeness (QED) is 0.553. The first-order valence-corrected chi connectivity index (χ1v) is 3.15. The molecule has 1 aromatic heterocycles. The zero-order chi connectivity index (χ0) is 7.28. The van der Waals surface area contributed by atoms with E-state index in [1.165, 1.54) is 0 Å². The van der Waals surface area contributed by atoms with Gasteiger partial charge < -0.3 is 0 Å². The van der Waals surface area contributed by atoms with Gasteiger partial charge in [0.25, 0.3) is 0 Å². The Labute approximate surface area is 58.9 Å². The Hall–Kier alpha value is -0.710. The maximum Gasteiger partial charge on any atom is 0.237 e. The summed E-state index contributed by atoms with van der Waals surface area (Å²) in [7, 11) is 1.75. The highest BCUT2D eigenvalue weighted by atomic mass is 32.1. The van der Waals surface area contributed by atoms with E-state index >= 15 is 0 Å². The lowest BCUT2D eigenvalue weighted by atomic mass is 11.0. The Morgan fingerprint density at radius 2 is 2.11 bits per heavy atom. The number of aryl methyl sites for hydroxylation is 1. The van der Waals surface area contributed by atoms with Gasteiger partial charge in [-0.3, -0.25) is 0 Å². The van der Waals surface area contributed by atoms with Gasteiger partial charge in [0.05, 0.1) is 0 Å². The van der Waals surface area contributed by atoms with Crippen molar-refractivity contribution in [3.05, 3.63) is 4.77 Å². The van der Waals surface area contributed by atoms with Crippen molar-refractivity contribution in [2.75, 3.05) is 0 Å². The van der Waals surface area contributed by atoms with Gasteiger partial charge in [0.2, 0.25) is 4.77 Å². The summed E-state index contributed by atoms with van der Waals surface area (Å²) < 4.78 is 2.02. The van der Waals surface area contributed by atoms with Crippen LogP contribution < -0.4 is 0 Å². The summed E-state index contributed by atoms with van der Waals surface area (Å²) in [6, 6.07) is 0. The summed E-state index contributed by atoms with van der Waals surface area (Å²) in [5, 5.41) is 9.41. The fourth-order valence-electron chi connectivity index (χ4n) is 0.242. The van der Waals surface area contributed by atoms with E-state index in [-0.39, 0.29) is 0 Å². The molecular weight excluding hydrogens is 136 g/mol. The molecule has 0 saturated heterocycles. The second kappa shape index (κ2) is 4.20. The Kier molecular flexibility index (Phi) is 3.87. The fourth-order valence-corrected chi connectivity index (χ4v) is 0.324. The maximum absolute atomic E-state index is 4.64. The molecule has 1 aromatic rings. The molecule has 0 radical (unpaired) electrons. The van der Waals surface area contributed by atoms with Crippen molar-refractivity contribution in [1.82, 2.24) is 20.2 Å². The number of hydrogen-bond donors (Lipinski definition) is 1. The molecule has 0 spiro atoms. The molecule has 4 nitrogen and oxygen atoms in total. The highest BCUT2D eigenvalue weighted by Crippen LogP contribution is 1.71. The fraction of sp³-hybridized carbons (Fsp3) is 0.750. The van der Waals surface area contributed by atoms with E-state index < -0.39 is 0 Å². The number of aromatic amines is 1. The van der Waals surface area contributed by atoms with Gasteiger partial charge in [0, 0.05) is 7.05 Å². The minimum atomic E-state index is 0.472. The summed E-state index contributed by atoms with van der Waals surface area (Å²) in [4.78, 5) is 0. The molecule has 0 fully saturated rings. The summed E-state index contributed by atoms with van der Waals surface area (Å²) in [6.45, 7) is 4.00. The zero-order valence-electron chi connectivity index (χ0n) is 5.75. The van der Waals surface area contributed by atoms with Crippen molar-refractivity contribution < 1.29 is 0 Å². The molecule has 1 rings (SSSR count). The lowest BCUT2D eigenvalue weighted by Crippen LogP contribution is -1.88. The van der Waals surface area contributed by atoms with Crippen LogP contribution in [0.2, 0.25) is 0 Å². The number of hydrogen-bond acceptors (Lipinski definition) is 3. The second-order valence-corrected chi connectivity index (χ2v) is 1.51. The van der Waals surface area contributed by atoms with E-state index in [1.807, 2.05) is 13.8 Å². The third kappa shape index (κ3) is 2.36. The standard InChI is InChI=1S/C2H4N4S.C2H6/c1-6-2(7)3-4-5-6;1-2/h1H3,(H,3,5,7);1-2H3. The SMILES string of the molecule is CC.Cn1[nH]nnc1=S. The lowest BCUT2D eigenvalue weighted by molar-refractivity contribution is 0.705. The predicted octanol–water partition coefficient (Wildman–Crippen LogP) is 0.899. The van der Waals surface area contributed by atoms with Crippen molar-refractivity contribution in [2.45, 2.75) is 13.8 Å². The molecule has 0 aliphatic carbocycles. The van der Waals surface area contributed by atoms with E-state index in [0.717, 1.165) is 0 Å². The van der Waals surface area contributed by atoms with E-state index in [1.54, 1.807) is 11.7 Å². The predicted molar refractivity (Wildman–Crippen MR) is 37.5 cm³/mol. The first kappa shape index (κ1) is 8.29. The lowest BCUT2D eigenvalue weighted by Gasteiger charge is -1.77. The molecule has 0 unspecified atom stereocenters. The van der Waals surface area contributed by atoms with E-state index in [4.69, 9.17) is 0 Å². The first-order chi connectivity index (χ1) is 4.30. The van der Waals surface area contributed by atoms with Gasteiger partial charge in [-0.1, -0.05) is 24.2 Å². The normalized spacial score (nSPS) is 7.89. The van der Waals surface area contributed by atoms with Crippen LogP contribution in [0.1, 0.15) is 13.8 Å². The van der Waals surface area contributed by atoms with Crippen molar-refractivity contribution in [2.24, 2.45) is 7.05 Å². The molecule has 0 bridgehead atoms. The monoisotopic (exact) mass is 146 g/mol. The highest BCUT2D eigenvalue weighted by Gasteiger charge is 1.79. The maximum atomic E-state index is 4.64. The average molecular weight is 146 g/mol. The van der Waals surface area contributed by atoms with E-state index in [0.29, 0.717) is 4.77 Å². The van der Waals surface area contributed by atoms with Gasteiger partial charge >= 0.3 is 0 Å². The zero-order valence-corrected chi connectivity index (χ0v) is 6.57. The molecule has 0 aromatic carbocycles. The smallest absolute Gasteiger partial charge is 0.237 e. The molecule has 1 heterocycles. The van der Waals surface area contributed by atoms with E-state index in [9.17, 15) is 0 Å². The minimum Gasteiger partial charge on any atom is -0.246 e. The first-order valence-electron chi connectivity index (χ1n) is 2.75. The molecule has 9 heavy (non-hydrogen) atoms. The Balaban J connectivity index is 0.000000291. The topological polar surface area (TPSA) is 46.5 Å². The van der Waals surface area contributed by atoms with Crippen LogP contribution in [0.25, 0.3) is 0 Å². The summed E-state index contributed by atoms with van der Waals surface area (Å²) >= 11 is 4.64. The van der Waals surface area contributed by atoms with Crippen LogP contribution in [0.3, 0.4) is 0 Å². The van der Waals surface area contributed by atoms with Crippen molar-refractivity contribution in [3.63, 3.8) is 0 Å². The number of rotatable bonds is 0. The van der Waals surface area contributed by atoms with Crippen molar-refractivity contribution >= 4 is 12.2 Å². The van der Waals surface area contributed by atoms with E-state index in [2.05, 4.69) is 27.7 Å². The van der Waals surface area contributed by atoms with Crippen LogP contribution in [0.5, 0.6) is 0 Å². The minimum absolute atomic E-state index is 0.472. The number of tetrazole rings is 1. The molecule has 0 atom stereocenters. The van der Waals surface area contributed by atoms with Gasteiger partial charge in [0.15, 0.2) is 0 Å². The third-order valence-corrected chi connectivity index (χ3v) is 0.973. The average Bonchev–Trinajstić information content (AvgIpc) is 2.23. The Morgan fingerprint density at radius 3 is 2.22 bits per heavy atom. The molecular formula is C4H10N4S. The largest absolute Gasteiger partial charge is 0.246 e. The number of H-pyrrole nitrogens is 1. The molecule has 52 valence electrons. The highest BCUT2D eigenvalue weighted by molar-refractivity contribution is 7.71. The van der Waals surface area contributed by atoms with Gasteiger partial charge in [-0.2, -0.15) is 5.21 Å². The van der Waals surface area contributed by atoms with Gasteiger partial charge in [-0.05, 0) is 12.2 Å². The third-order valence-electron chi connectivity index (χ3n) is 0.617. The molecule has 0 amide bonds. The van der Waals surface area contributed by atoms with Crippen LogP contribution in [0, 0.1) is 4.77 Å². The molecule has 0 aliphatic rings. The second-order valence-electron chi connectivity index (χ2n) is 1.14. The summed E-state index contributed by atoms with van der Waals surface area (Å²) in [6.07, 6.45) is 0. The number of nitrogens with zero attached hydrogens (tertiary/aromatic N) is 3. The van der Waals surface area contributed by atoms with Crippen molar-refractivity contribution in [1.29, 1.82) is 0 Å². The molecule has 0 saturated carbocycles. The van der Waals surface area contributed by atoms with Gasteiger partial charge in [-0.15, -0.1) is 0 Å². The van der Waals surface area contributed by atoms with Crippen LogP contribution in [0.15, 0.2) is 0 Å². The van der Waals surface area contributed by atoms with Crippen LogP contribution in [-0.2, 0) is 7.05 Å². The van der Waals surface area contributed by atoms with Gasteiger partial charge in [0.1, 0.15) is 0 Å². The summed E-state index contributed by atoms with van der Waals surface area (Å²) in [5.74, 6) is 0. The van der Waals surface area contributed by atoms with Crippen LogP contribution >= 0.6 is 12.2 Å².